The van der Waals surface area contributed by atoms with Crippen molar-refractivity contribution in [3.63, 3.8) is 0 Å². The number of nitrogens with one attached hydrogen (secondary N) is 1. The zero-order valence-electron chi connectivity index (χ0n) is 14.8. The van der Waals surface area contributed by atoms with Crippen LogP contribution in [0.1, 0.15) is 39.0 Å². The molecule has 1 N–H and O–H groups in total. The summed E-state index contributed by atoms with van der Waals surface area (Å²) in [5.74, 6) is 1.90. The first kappa shape index (κ1) is 19.1. The molecule has 2 unspecified atom stereocenters. The van der Waals surface area contributed by atoms with Crippen LogP contribution >= 0.6 is 11.8 Å². The molecule has 0 aromatic carbocycles. The minimum absolute atomic E-state index is 0.00219. The van der Waals surface area contributed by atoms with Gasteiger partial charge in [0, 0.05) is 57.2 Å². The second-order valence-electron chi connectivity index (χ2n) is 6.57. The molecule has 0 aromatic rings. The second kappa shape index (κ2) is 9.30. The Bertz CT molecular complexity index is 472. The van der Waals surface area contributed by atoms with Crippen LogP contribution < -0.4 is 5.32 Å². The number of carbonyl (C=O) groups is 3. The number of hydrogen-bond donors (Lipinski definition) is 1. The lowest BCUT2D eigenvalue weighted by Gasteiger charge is -2.38. The Labute approximate surface area is 148 Å². The van der Waals surface area contributed by atoms with E-state index < -0.39 is 0 Å². The van der Waals surface area contributed by atoms with Gasteiger partial charge in [0.15, 0.2) is 0 Å². The van der Waals surface area contributed by atoms with Crippen LogP contribution in [0.3, 0.4) is 0 Å². The molecular weight excluding hydrogens is 326 g/mol. The van der Waals surface area contributed by atoms with E-state index in [4.69, 9.17) is 0 Å². The highest BCUT2D eigenvalue weighted by Gasteiger charge is 2.32. The van der Waals surface area contributed by atoms with Gasteiger partial charge in [0.1, 0.15) is 0 Å². The number of likely N-dealkylation sites (N-methyl/N-ethyl adjacent to an activating group) is 1. The Morgan fingerprint density at radius 2 is 2.17 bits per heavy atom. The first-order valence-electron chi connectivity index (χ1n) is 8.91. The SMILES string of the molecule is CCSCCC(=O)N(C)C1CCCN(C(=O)CC2CCNC2=O)C1. The highest BCUT2D eigenvalue weighted by molar-refractivity contribution is 7.99. The summed E-state index contributed by atoms with van der Waals surface area (Å²) in [5.41, 5.74) is 0. The van der Waals surface area contributed by atoms with Crippen molar-refractivity contribution >= 4 is 29.5 Å². The van der Waals surface area contributed by atoms with Crippen LogP contribution in [-0.2, 0) is 14.4 Å². The normalized spacial score (nSPS) is 23.9. The molecule has 0 saturated carbocycles. The maximum atomic E-state index is 12.5. The molecule has 2 atom stereocenters. The van der Waals surface area contributed by atoms with Crippen molar-refractivity contribution < 1.29 is 14.4 Å². The lowest BCUT2D eigenvalue weighted by Crippen LogP contribution is -2.50. The maximum Gasteiger partial charge on any atom is 0.223 e. The summed E-state index contributed by atoms with van der Waals surface area (Å²) in [4.78, 5) is 40.1. The lowest BCUT2D eigenvalue weighted by atomic mass is 10.00. The molecule has 0 spiro atoms. The van der Waals surface area contributed by atoms with Gasteiger partial charge in [-0.25, -0.2) is 0 Å². The molecule has 6 nitrogen and oxygen atoms in total. The van der Waals surface area contributed by atoms with E-state index in [2.05, 4.69) is 12.2 Å². The molecule has 0 aromatic heterocycles. The zero-order chi connectivity index (χ0) is 17.5. The van der Waals surface area contributed by atoms with Gasteiger partial charge in [0.05, 0.1) is 0 Å². The third-order valence-electron chi connectivity index (χ3n) is 4.94. The van der Waals surface area contributed by atoms with Crippen molar-refractivity contribution in [1.82, 2.24) is 15.1 Å². The Morgan fingerprint density at radius 1 is 1.38 bits per heavy atom. The van der Waals surface area contributed by atoms with Crippen LogP contribution in [0, 0.1) is 5.92 Å². The van der Waals surface area contributed by atoms with E-state index in [1.165, 1.54) is 0 Å². The molecule has 0 radical (unpaired) electrons. The summed E-state index contributed by atoms with van der Waals surface area (Å²) >= 11 is 1.77. The number of amides is 3. The molecule has 0 aliphatic carbocycles. The number of nitrogens with zero attached hydrogens (tertiary/aromatic N) is 2. The third kappa shape index (κ3) is 5.13. The minimum atomic E-state index is -0.177. The van der Waals surface area contributed by atoms with Gasteiger partial charge in [0.2, 0.25) is 17.7 Å². The van der Waals surface area contributed by atoms with Crippen LogP contribution in [0.2, 0.25) is 0 Å². The van der Waals surface area contributed by atoms with Crippen LogP contribution in [0.4, 0.5) is 0 Å². The van der Waals surface area contributed by atoms with Crippen LogP contribution in [0.15, 0.2) is 0 Å². The molecule has 136 valence electrons. The predicted molar refractivity (Wildman–Crippen MR) is 95.7 cm³/mol. The average Bonchev–Trinajstić information content (AvgIpc) is 2.99. The summed E-state index contributed by atoms with van der Waals surface area (Å²) in [6.07, 6.45) is 3.45. The first-order chi connectivity index (χ1) is 11.5. The van der Waals surface area contributed by atoms with Gasteiger partial charge in [-0.15, -0.1) is 0 Å². The first-order valence-corrected chi connectivity index (χ1v) is 10.1. The maximum absolute atomic E-state index is 12.5. The molecule has 2 rings (SSSR count). The Morgan fingerprint density at radius 3 is 2.83 bits per heavy atom. The molecule has 0 bridgehead atoms. The second-order valence-corrected chi connectivity index (χ2v) is 7.96. The number of hydrogen-bond acceptors (Lipinski definition) is 4. The Kier molecular flexibility index (Phi) is 7.40. The van der Waals surface area contributed by atoms with E-state index in [1.807, 2.05) is 16.8 Å². The van der Waals surface area contributed by atoms with E-state index in [-0.39, 0.29) is 29.7 Å². The molecular formula is C17H29N3O3S. The Balaban J connectivity index is 1.82. The smallest absolute Gasteiger partial charge is 0.223 e. The van der Waals surface area contributed by atoms with Crippen molar-refractivity contribution in [3.05, 3.63) is 0 Å². The summed E-state index contributed by atoms with van der Waals surface area (Å²) in [5, 5.41) is 2.78. The van der Waals surface area contributed by atoms with E-state index in [9.17, 15) is 14.4 Å². The molecule has 2 aliphatic rings. The summed E-state index contributed by atoms with van der Waals surface area (Å²) in [6, 6.07) is 0.0965. The highest BCUT2D eigenvalue weighted by atomic mass is 32.2. The molecule has 24 heavy (non-hydrogen) atoms. The quantitative estimate of drug-likeness (QED) is 0.695. The highest BCUT2D eigenvalue weighted by Crippen LogP contribution is 2.20. The van der Waals surface area contributed by atoms with E-state index in [0.717, 1.165) is 37.3 Å². The predicted octanol–water partition coefficient (Wildman–Crippen LogP) is 1.11. The third-order valence-corrected chi connectivity index (χ3v) is 5.84. The number of thioether (sulfide) groups is 1. The summed E-state index contributed by atoms with van der Waals surface area (Å²) in [6.45, 7) is 4.09. The van der Waals surface area contributed by atoms with Gasteiger partial charge in [-0.3, -0.25) is 14.4 Å². The molecule has 2 heterocycles. The molecule has 2 aliphatic heterocycles. The topological polar surface area (TPSA) is 69.7 Å². The van der Waals surface area contributed by atoms with Crippen molar-refractivity contribution in [2.24, 2.45) is 5.92 Å². The monoisotopic (exact) mass is 355 g/mol. The minimum Gasteiger partial charge on any atom is -0.356 e. The van der Waals surface area contributed by atoms with Crippen LogP contribution in [0.25, 0.3) is 0 Å². The van der Waals surface area contributed by atoms with Gasteiger partial charge in [0.25, 0.3) is 0 Å². The van der Waals surface area contributed by atoms with Gasteiger partial charge >= 0.3 is 0 Å². The lowest BCUT2D eigenvalue weighted by molar-refractivity contribution is -0.140. The fraction of sp³-hybridized carbons (Fsp3) is 0.824. The molecule has 7 heteroatoms. The van der Waals surface area contributed by atoms with Crippen LogP contribution in [0.5, 0.6) is 0 Å². The number of rotatable bonds is 7. The number of carbonyl (C=O) groups excluding carboxylic acids is 3. The van der Waals surface area contributed by atoms with Crippen LogP contribution in [-0.4, -0.2) is 71.8 Å². The van der Waals surface area contributed by atoms with Gasteiger partial charge in [-0.05, 0) is 25.0 Å². The van der Waals surface area contributed by atoms with E-state index in [0.29, 0.717) is 25.9 Å². The molecule has 3 amide bonds. The molecule has 2 saturated heterocycles. The van der Waals surface area contributed by atoms with Crippen molar-refractivity contribution in [2.75, 3.05) is 38.2 Å². The van der Waals surface area contributed by atoms with Crippen molar-refractivity contribution in [3.8, 4) is 0 Å². The standard InChI is InChI=1S/C17H29N3O3S/c1-3-24-10-7-15(21)19(2)14-5-4-9-20(12-14)16(22)11-13-6-8-18-17(13)23/h13-14H,3-12H2,1-2H3,(H,18,23). The molecule has 2 fully saturated rings. The van der Waals surface area contributed by atoms with Crippen molar-refractivity contribution in [1.29, 1.82) is 0 Å². The fourth-order valence-corrected chi connectivity index (χ4v) is 3.97. The van der Waals surface area contributed by atoms with Gasteiger partial charge in [-0.2, -0.15) is 11.8 Å². The summed E-state index contributed by atoms with van der Waals surface area (Å²) < 4.78 is 0. The fourth-order valence-electron chi connectivity index (χ4n) is 3.36. The van der Waals surface area contributed by atoms with Crippen molar-refractivity contribution in [2.45, 2.75) is 45.1 Å². The largest absolute Gasteiger partial charge is 0.356 e. The summed E-state index contributed by atoms with van der Waals surface area (Å²) in [7, 11) is 1.85. The van der Waals surface area contributed by atoms with Gasteiger partial charge < -0.3 is 15.1 Å². The average molecular weight is 356 g/mol. The van der Waals surface area contributed by atoms with E-state index >= 15 is 0 Å². The Hall–Kier alpha value is -1.24. The number of likely N-dealkylation sites (tertiary alicyclic amines) is 1. The van der Waals surface area contributed by atoms with Gasteiger partial charge in [-0.1, -0.05) is 6.92 Å². The zero-order valence-corrected chi connectivity index (χ0v) is 15.6. The van der Waals surface area contributed by atoms with E-state index in [1.54, 1.807) is 11.8 Å². The number of piperidine rings is 1.